The molecule has 0 aromatic heterocycles. The fraction of sp³-hybridized carbons (Fsp3) is 0.846. The van der Waals surface area contributed by atoms with Crippen LogP contribution in [-0.4, -0.2) is 4.89 Å². The molecule has 0 heterocycles. The second-order valence-corrected chi connectivity index (χ2v) is 5.02. The predicted molar refractivity (Wildman–Crippen MR) is 71.9 cm³/mol. The number of allylic oxidation sites excluding steroid dienone is 1. The zero-order valence-corrected chi connectivity index (χ0v) is 11.8. The van der Waals surface area contributed by atoms with Crippen LogP contribution in [0.15, 0.2) is 12.3 Å². The van der Waals surface area contributed by atoms with E-state index in [9.17, 15) is 4.57 Å². The molecule has 17 heavy (non-hydrogen) atoms. The minimum Gasteiger partial charge on any atom is -0.238 e. The molecule has 100 valence electrons. The first-order chi connectivity index (χ1) is 8.27. The predicted octanol–water partition coefficient (Wildman–Crippen LogP) is 5.09. The summed E-state index contributed by atoms with van der Waals surface area (Å²) in [5, 5.41) is 0. The third-order valence-electron chi connectivity index (χ3n) is 2.72. The summed E-state index contributed by atoms with van der Waals surface area (Å²) in [7, 11) is -2.48. The van der Waals surface area contributed by atoms with Crippen LogP contribution in [0.2, 0.25) is 0 Å². The van der Waals surface area contributed by atoms with E-state index in [4.69, 9.17) is 4.89 Å². The Balaban J connectivity index is 3.03. The average Bonchev–Trinajstić information content (AvgIpc) is 2.30. The molecule has 1 N–H and O–H groups in total. The molecule has 0 spiro atoms. The van der Waals surface area contributed by atoms with Gasteiger partial charge in [0.1, 0.15) is 6.26 Å². The zero-order chi connectivity index (χ0) is 12.8. The Kier molecular flexibility index (Phi) is 13.3. The average molecular weight is 261 g/mol. The molecule has 4 heteroatoms. The van der Waals surface area contributed by atoms with Crippen LogP contribution in [-0.2, 0) is 9.09 Å². The lowest BCUT2D eigenvalue weighted by Crippen LogP contribution is -1.80. The summed E-state index contributed by atoms with van der Waals surface area (Å²) in [6.07, 6.45) is 15.9. The highest BCUT2D eigenvalue weighted by Gasteiger charge is 2.06. The van der Waals surface area contributed by atoms with Gasteiger partial charge in [-0.3, -0.25) is 0 Å². The summed E-state index contributed by atoms with van der Waals surface area (Å²) in [5.41, 5.74) is 0. The van der Waals surface area contributed by atoms with Crippen molar-refractivity contribution in [1.82, 2.24) is 0 Å². The van der Waals surface area contributed by atoms with Gasteiger partial charge in [0.2, 0.25) is 0 Å². The molecule has 1 atom stereocenters. The van der Waals surface area contributed by atoms with Gasteiger partial charge in [-0.25, -0.2) is 4.52 Å². The molecule has 0 aromatic carbocycles. The van der Waals surface area contributed by atoms with Crippen molar-refractivity contribution in [2.24, 2.45) is 0 Å². The zero-order valence-electron chi connectivity index (χ0n) is 10.9. The highest BCUT2D eigenvalue weighted by molar-refractivity contribution is 7.32. The molecular weight excluding hydrogens is 235 g/mol. The fourth-order valence-electron chi connectivity index (χ4n) is 1.74. The van der Waals surface area contributed by atoms with E-state index in [1.165, 1.54) is 57.6 Å². The van der Waals surface area contributed by atoms with Crippen molar-refractivity contribution in [1.29, 1.82) is 0 Å². The number of hydrogen-bond acceptors (Lipinski definition) is 2. The summed E-state index contributed by atoms with van der Waals surface area (Å²) in [5.74, 6) is 0. The number of rotatable bonds is 12. The molecule has 0 amide bonds. The quantitative estimate of drug-likeness (QED) is 0.302. The Hall–Kier alpha value is -0.400. The van der Waals surface area contributed by atoms with E-state index in [1.54, 1.807) is 0 Å². The topological polar surface area (TPSA) is 46.5 Å². The van der Waals surface area contributed by atoms with Gasteiger partial charge in [-0.1, -0.05) is 58.3 Å². The lowest BCUT2D eigenvalue weighted by molar-refractivity contribution is 0.377. The van der Waals surface area contributed by atoms with E-state index >= 15 is 0 Å². The van der Waals surface area contributed by atoms with Crippen molar-refractivity contribution in [2.45, 2.75) is 71.1 Å². The maximum atomic E-state index is 10.2. The Morgan fingerprint density at radius 3 is 2.06 bits per heavy atom. The molecule has 0 radical (unpaired) electrons. The van der Waals surface area contributed by atoms with Gasteiger partial charge in [0.05, 0.1) is 0 Å². The Morgan fingerprint density at radius 2 is 1.53 bits per heavy atom. The van der Waals surface area contributed by atoms with Gasteiger partial charge >= 0.3 is 8.25 Å². The van der Waals surface area contributed by atoms with Crippen LogP contribution in [0.25, 0.3) is 0 Å². The van der Waals surface area contributed by atoms with Gasteiger partial charge in [-0.15, -0.1) is 4.89 Å². The molecule has 0 aliphatic rings. The Morgan fingerprint density at radius 1 is 1.00 bits per heavy atom. The number of unbranched alkanes of at least 4 members (excludes halogenated alkanes) is 9. The molecule has 0 bridgehead atoms. The molecule has 0 aliphatic carbocycles. The highest BCUT2D eigenvalue weighted by Crippen LogP contribution is 2.15. The van der Waals surface area contributed by atoms with E-state index in [0.717, 1.165) is 12.8 Å². The van der Waals surface area contributed by atoms with Crippen LogP contribution in [0.1, 0.15) is 71.1 Å². The molecule has 0 rings (SSSR count). The minimum absolute atomic E-state index is 0.930. The highest BCUT2D eigenvalue weighted by atomic mass is 31.1. The standard InChI is InChI=1S/C13H25O3P/c1-2-3-4-5-6-7-8-9-10-11-12-13-16-17(14)15/h12-13H,2-11H2,1H3/p+1. The normalized spacial score (nSPS) is 12.0. The molecule has 0 saturated carbocycles. The summed E-state index contributed by atoms with van der Waals surface area (Å²) in [4.78, 5) is 8.35. The summed E-state index contributed by atoms with van der Waals surface area (Å²) in [6.45, 7) is 2.24. The Bertz CT molecular complexity index is 205. The van der Waals surface area contributed by atoms with E-state index in [1.807, 2.05) is 6.08 Å². The van der Waals surface area contributed by atoms with Crippen molar-refractivity contribution >= 4 is 8.25 Å². The van der Waals surface area contributed by atoms with E-state index < -0.39 is 8.25 Å². The minimum atomic E-state index is -2.48. The SMILES string of the molecule is CCCCCCCCCCCC=CO[P+](=O)O. The molecule has 0 saturated heterocycles. The largest absolute Gasteiger partial charge is 0.746 e. The molecule has 0 aromatic rings. The van der Waals surface area contributed by atoms with Crippen molar-refractivity contribution in [3.8, 4) is 0 Å². The maximum Gasteiger partial charge on any atom is 0.746 e. The maximum absolute atomic E-state index is 10.2. The van der Waals surface area contributed by atoms with Crippen LogP contribution in [0.5, 0.6) is 0 Å². The van der Waals surface area contributed by atoms with Gasteiger partial charge in [-0.05, 0) is 18.9 Å². The van der Waals surface area contributed by atoms with Gasteiger partial charge in [-0.2, -0.15) is 0 Å². The fourth-order valence-corrected chi connectivity index (χ4v) is 1.93. The van der Waals surface area contributed by atoms with Crippen LogP contribution in [0.3, 0.4) is 0 Å². The second-order valence-electron chi connectivity index (χ2n) is 4.33. The molecule has 0 aliphatic heterocycles. The van der Waals surface area contributed by atoms with Crippen molar-refractivity contribution in [3.05, 3.63) is 12.3 Å². The molecule has 1 unspecified atom stereocenters. The van der Waals surface area contributed by atoms with Gasteiger partial charge < -0.3 is 0 Å². The van der Waals surface area contributed by atoms with Crippen LogP contribution >= 0.6 is 8.25 Å². The van der Waals surface area contributed by atoms with Gasteiger partial charge in [0, 0.05) is 4.57 Å². The van der Waals surface area contributed by atoms with Gasteiger partial charge in [0.25, 0.3) is 0 Å². The van der Waals surface area contributed by atoms with Gasteiger partial charge in [0.15, 0.2) is 0 Å². The monoisotopic (exact) mass is 261 g/mol. The first kappa shape index (κ1) is 16.6. The Labute approximate surface area is 106 Å². The molecule has 0 fully saturated rings. The third-order valence-corrected chi connectivity index (χ3v) is 3.02. The van der Waals surface area contributed by atoms with Crippen LogP contribution < -0.4 is 0 Å². The van der Waals surface area contributed by atoms with Crippen molar-refractivity contribution in [3.63, 3.8) is 0 Å². The number of hydrogen-bond donors (Lipinski definition) is 1. The first-order valence-electron chi connectivity index (χ1n) is 6.75. The van der Waals surface area contributed by atoms with Crippen molar-refractivity contribution in [2.75, 3.05) is 0 Å². The van der Waals surface area contributed by atoms with E-state index in [0.29, 0.717) is 0 Å². The smallest absolute Gasteiger partial charge is 0.238 e. The molecular formula is C13H26O3P+. The molecule has 3 nitrogen and oxygen atoms in total. The summed E-state index contributed by atoms with van der Waals surface area (Å²) in [6, 6.07) is 0. The third kappa shape index (κ3) is 15.6. The van der Waals surface area contributed by atoms with E-state index in [-0.39, 0.29) is 0 Å². The van der Waals surface area contributed by atoms with Crippen molar-refractivity contribution < 1.29 is 14.0 Å². The lowest BCUT2D eigenvalue weighted by atomic mass is 10.1. The van der Waals surface area contributed by atoms with Crippen LogP contribution in [0.4, 0.5) is 0 Å². The summed E-state index contributed by atoms with van der Waals surface area (Å²) >= 11 is 0. The van der Waals surface area contributed by atoms with Crippen LogP contribution in [0, 0.1) is 0 Å². The first-order valence-corrected chi connectivity index (χ1v) is 7.88. The second kappa shape index (κ2) is 13.7. The van der Waals surface area contributed by atoms with E-state index in [2.05, 4.69) is 11.4 Å². The summed E-state index contributed by atoms with van der Waals surface area (Å²) < 4.78 is 14.6. The lowest BCUT2D eigenvalue weighted by Gasteiger charge is -2.00.